The second-order valence-corrected chi connectivity index (χ2v) is 5.89. The van der Waals surface area contributed by atoms with Gasteiger partial charge in [0.2, 0.25) is 5.75 Å². The number of para-hydroxylation sites is 1. The van der Waals surface area contributed by atoms with Crippen molar-refractivity contribution in [3.63, 3.8) is 0 Å². The van der Waals surface area contributed by atoms with Gasteiger partial charge in [-0.25, -0.2) is 4.39 Å². The maximum absolute atomic E-state index is 13.6. The van der Waals surface area contributed by atoms with Crippen LogP contribution in [0.1, 0.15) is 27.7 Å². The van der Waals surface area contributed by atoms with Crippen molar-refractivity contribution in [2.24, 2.45) is 5.92 Å². The monoisotopic (exact) mass is 284 g/mol. The maximum atomic E-state index is 13.6. The molecule has 0 aromatic heterocycles. The first-order valence-electron chi connectivity index (χ1n) is 6.51. The normalized spacial score (nSPS) is 13.1. The van der Waals surface area contributed by atoms with Gasteiger partial charge in [-0.05, 0) is 26.8 Å². The molecule has 0 fully saturated rings. The highest BCUT2D eigenvalue weighted by Crippen LogP contribution is 2.29. The Hall–Kier alpha value is -1.69. The number of nitrogens with zero attached hydrogens (tertiary/aromatic N) is 1. The Morgan fingerprint density at radius 1 is 1.45 bits per heavy atom. The third kappa shape index (κ3) is 5.13. The van der Waals surface area contributed by atoms with E-state index in [2.05, 4.69) is 5.32 Å². The van der Waals surface area contributed by atoms with Crippen LogP contribution in [0.5, 0.6) is 5.75 Å². The number of nitro benzene ring substituents is 1. The molecule has 20 heavy (non-hydrogen) atoms. The Morgan fingerprint density at radius 2 is 2.10 bits per heavy atom. The van der Waals surface area contributed by atoms with E-state index in [4.69, 9.17) is 4.74 Å². The van der Waals surface area contributed by atoms with E-state index in [1.807, 2.05) is 27.7 Å². The first kappa shape index (κ1) is 16.4. The van der Waals surface area contributed by atoms with Crippen LogP contribution in [0.15, 0.2) is 18.2 Å². The number of nitrogens with one attached hydrogen (secondary N) is 1. The molecule has 6 heteroatoms. The zero-order valence-corrected chi connectivity index (χ0v) is 12.3. The Labute approximate surface area is 118 Å². The van der Waals surface area contributed by atoms with Gasteiger partial charge in [0.1, 0.15) is 0 Å². The minimum Gasteiger partial charge on any atom is -0.484 e. The molecule has 0 saturated heterocycles. The van der Waals surface area contributed by atoms with Gasteiger partial charge >= 0.3 is 5.69 Å². The fraction of sp³-hybridized carbons (Fsp3) is 0.571. The van der Waals surface area contributed by atoms with E-state index in [1.165, 1.54) is 12.1 Å². The summed E-state index contributed by atoms with van der Waals surface area (Å²) in [5.74, 6) is -0.899. The molecule has 1 aromatic carbocycles. The van der Waals surface area contributed by atoms with Gasteiger partial charge in [0.15, 0.2) is 5.82 Å². The van der Waals surface area contributed by atoms with Gasteiger partial charge in [0.25, 0.3) is 0 Å². The van der Waals surface area contributed by atoms with Crippen molar-refractivity contribution < 1.29 is 14.1 Å². The topological polar surface area (TPSA) is 64.4 Å². The lowest BCUT2D eigenvalue weighted by Crippen LogP contribution is -2.39. The van der Waals surface area contributed by atoms with Crippen LogP contribution in [0.2, 0.25) is 0 Å². The van der Waals surface area contributed by atoms with Crippen LogP contribution in [0.3, 0.4) is 0 Å². The summed E-state index contributed by atoms with van der Waals surface area (Å²) in [4.78, 5) is 10.2. The molecule has 0 aliphatic rings. The summed E-state index contributed by atoms with van der Waals surface area (Å²) in [7, 11) is 0. The van der Waals surface area contributed by atoms with Crippen LogP contribution in [-0.4, -0.2) is 23.6 Å². The SMILES string of the molecule is CC(CNC(C)(C)C)COc1c(F)cccc1[N+](=O)[O-]. The van der Waals surface area contributed by atoms with Gasteiger partial charge in [0.05, 0.1) is 11.5 Å². The quantitative estimate of drug-likeness (QED) is 0.644. The molecule has 5 nitrogen and oxygen atoms in total. The predicted molar refractivity (Wildman–Crippen MR) is 75.5 cm³/mol. The molecule has 1 N–H and O–H groups in total. The number of rotatable bonds is 6. The summed E-state index contributed by atoms with van der Waals surface area (Å²) in [5, 5.41) is 14.1. The predicted octanol–water partition coefficient (Wildman–Crippen LogP) is 3.14. The first-order valence-corrected chi connectivity index (χ1v) is 6.51. The van der Waals surface area contributed by atoms with Crippen LogP contribution >= 0.6 is 0 Å². The fourth-order valence-corrected chi connectivity index (χ4v) is 1.55. The molecule has 112 valence electrons. The lowest BCUT2D eigenvalue weighted by molar-refractivity contribution is -0.386. The molecule has 1 unspecified atom stereocenters. The summed E-state index contributed by atoms with van der Waals surface area (Å²) in [6, 6.07) is 3.68. The van der Waals surface area contributed by atoms with Crippen LogP contribution in [0, 0.1) is 21.8 Å². The highest BCUT2D eigenvalue weighted by Gasteiger charge is 2.20. The van der Waals surface area contributed by atoms with Gasteiger partial charge in [-0.1, -0.05) is 13.0 Å². The molecule has 1 atom stereocenters. The maximum Gasteiger partial charge on any atom is 0.314 e. The molecule has 0 amide bonds. The van der Waals surface area contributed by atoms with E-state index in [-0.39, 0.29) is 29.5 Å². The summed E-state index contributed by atoms with van der Waals surface area (Å²) in [6.45, 7) is 8.97. The Bertz CT molecular complexity index is 472. The lowest BCUT2D eigenvalue weighted by atomic mass is 10.1. The van der Waals surface area contributed by atoms with Crippen LogP contribution in [0.25, 0.3) is 0 Å². The van der Waals surface area contributed by atoms with Crippen molar-refractivity contribution >= 4 is 5.69 Å². The molecule has 0 spiro atoms. The van der Waals surface area contributed by atoms with Gasteiger partial charge in [-0.3, -0.25) is 10.1 Å². The van der Waals surface area contributed by atoms with Crippen LogP contribution < -0.4 is 10.1 Å². The molecule has 1 rings (SSSR count). The third-order valence-corrected chi connectivity index (χ3v) is 2.64. The average Bonchev–Trinajstić information content (AvgIpc) is 2.33. The Morgan fingerprint density at radius 3 is 2.65 bits per heavy atom. The second-order valence-electron chi connectivity index (χ2n) is 5.89. The lowest BCUT2D eigenvalue weighted by Gasteiger charge is -2.23. The van der Waals surface area contributed by atoms with E-state index < -0.39 is 10.7 Å². The molecule has 1 aromatic rings. The Kier molecular flexibility index (Phi) is 5.44. The van der Waals surface area contributed by atoms with Gasteiger partial charge in [-0.15, -0.1) is 0 Å². The summed E-state index contributed by atoms with van der Waals surface area (Å²) in [6.07, 6.45) is 0. The van der Waals surface area contributed by atoms with E-state index in [1.54, 1.807) is 0 Å². The van der Waals surface area contributed by atoms with Crippen molar-refractivity contribution in [1.29, 1.82) is 0 Å². The highest BCUT2D eigenvalue weighted by atomic mass is 19.1. The van der Waals surface area contributed by atoms with Crippen molar-refractivity contribution in [1.82, 2.24) is 5.32 Å². The summed E-state index contributed by atoms with van der Waals surface area (Å²) >= 11 is 0. The zero-order valence-electron chi connectivity index (χ0n) is 12.3. The number of hydrogen-bond donors (Lipinski definition) is 1. The van der Waals surface area contributed by atoms with E-state index >= 15 is 0 Å². The van der Waals surface area contributed by atoms with Gasteiger partial charge in [0, 0.05) is 24.1 Å². The number of nitro groups is 1. The average molecular weight is 284 g/mol. The van der Waals surface area contributed by atoms with E-state index in [0.29, 0.717) is 6.54 Å². The number of halogens is 1. The number of ether oxygens (including phenoxy) is 1. The van der Waals surface area contributed by atoms with E-state index in [9.17, 15) is 14.5 Å². The summed E-state index contributed by atoms with van der Waals surface area (Å²) < 4.78 is 18.9. The van der Waals surface area contributed by atoms with E-state index in [0.717, 1.165) is 6.07 Å². The minimum absolute atomic E-state index is 0.0156. The molecule has 0 heterocycles. The molecule has 0 radical (unpaired) electrons. The zero-order chi connectivity index (χ0) is 15.3. The standard InChI is InChI=1S/C14H21FN2O3/c1-10(8-16-14(2,3)4)9-20-13-11(15)6-5-7-12(13)17(18)19/h5-7,10,16H,8-9H2,1-4H3. The minimum atomic E-state index is -0.713. The van der Waals surface area contributed by atoms with Crippen molar-refractivity contribution in [3.8, 4) is 5.75 Å². The number of hydrogen-bond acceptors (Lipinski definition) is 4. The second kappa shape index (κ2) is 6.65. The fourth-order valence-electron chi connectivity index (χ4n) is 1.55. The smallest absolute Gasteiger partial charge is 0.314 e. The third-order valence-electron chi connectivity index (χ3n) is 2.64. The van der Waals surface area contributed by atoms with Crippen molar-refractivity contribution in [3.05, 3.63) is 34.1 Å². The largest absolute Gasteiger partial charge is 0.484 e. The molecular formula is C14H21FN2O3. The Balaban J connectivity index is 2.64. The van der Waals surface area contributed by atoms with Gasteiger partial charge in [-0.2, -0.15) is 0 Å². The molecule has 0 saturated carbocycles. The highest BCUT2D eigenvalue weighted by molar-refractivity contribution is 5.46. The molecular weight excluding hydrogens is 263 g/mol. The van der Waals surface area contributed by atoms with Gasteiger partial charge < -0.3 is 10.1 Å². The van der Waals surface area contributed by atoms with Crippen LogP contribution in [0.4, 0.5) is 10.1 Å². The molecule has 0 aliphatic heterocycles. The van der Waals surface area contributed by atoms with Crippen molar-refractivity contribution in [2.75, 3.05) is 13.2 Å². The van der Waals surface area contributed by atoms with Crippen LogP contribution in [-0.2, 0) is 0 Å². The molecule has 0 aliphatic carbocycles. The molecule has 0 bridgehead atoms. The van der Waals surface area contributed by atoms with Crippen molar-refractivity contribution in [2.45, 2.75) is 33.2 Å². The summed E-state index contributed by atoms with van der Waals surface area (Å²) in [5.41, 5.74) is -0.362. The number of benzene rings is 1. The first-order chi connectivity index (χ1) is 9.20.